The van der Waals surface area contributed by atoms with Crippen molar-refractivity contribution >= 4 is 5.97 Å². The van der Waals surface area contributed by atoms with Crippen molar-refractivity contribution in [3.63, 3.8) is 0 Å². The molecule has 5 nitrogen and oxygen atoms in total. The molecule has 0 aliphatic heterocycles. The van der Waals surface area contributed by atoms with E-state index in [1.54, 1.807) is 25.1 Å². The first-order valence-electron chi connectivity index (χ1n) is 11.6. The fourth-order valence-corrected chi connectivity index (χ4v) is 4.14. The van der Waals surface area contributed by atoms with Gasteiger partial charge in [-0.1, -0.05) is 36.4 Å². The zero-order valence-electron chi connectivity index (χ0n) is 19.0. The molecule has 0 amide bonds. The van der Waals surface area contributed by atoms with Crippen LogP contribution >= 0.6 is 0 Å². The molecule has 0 heterocycles. The number of esters is 1. The lowest BCUT2D eigenvalue weighted by atomic mass is 10.00. The molecule has 5 heteroatoms. The van der Waals surface area contributed by atoms with Crippen LogP contribution in [-0.2, 0) is 17.8 Å². The number of benzene rings is 3. The van der Waals surface area contributed by atoms with Crippen molar-refractivity contribution in [1.82, 2.24) is 0 Å². The molecular formula is C28H30O5. The second-order valence-corrected chi connectivity index (χ2v) is 8.26. The van der Waals surface area contributed by atoms with Gasteiger partial charge in [0.15, 0.2) is 11.5 Å². The molecule has 1 N–H and O–H groups in total. The number of carbonyl (C=O) groups excluding carboxylic acids is 1. The lowest BCUT2D eigenvalue weighted by Crippen LogP contribution is -2.12. The number of ether oxygens (including phenoxy) is 3. The molecule has 1 aliphatic rings. The molecule has 0 unspecified atom stereocenters. The molecule has 1 saturated carbocycles. The van der Waals surface area contributed by atoms with E-state index in [0.29, 0.717) is 29.4 Å². The Morgan fingerprint density at radius 2 is 1.73 bits per heavy atom. The minimum atomic E-state index is -0.381. The maximum Gasteiger partial charge on any atom is 0.338 e. The summed E-state index contributed by atoms with van der Waals surface area (Å²) < 4.78 is 17.5. The first-order chi connectivity index (χ1) is 16.2. The van der Waals surface area contributed by atoms with Crippen LogP contribution in [0, 0.1) is 0 Å². The lowest BCUT2D eigenvalue weighted by molar-refractivity contribution is 0.0525. The number of aliphatic hydroxyl groups excluding tert-OH is 1. The maximum atomic E-state index is 12.2. The summed E-state index contributed by atoms with van der Waals surface area (Å²) in [5.74, 6) is 1.30. The fourth-order valence-electron chi connectivity index (χ4n) is 4.14. The minimum absolute atomic E-state index is 0.0768. The van der Waals surface area contributed by atoms with E-state index in [1.807, 2.05) is 36.4 Å². The van der Waals surface area contributed by atoms with Gasteiger partial charge in [0.05, 0.1) is 24.9 Å². The van der Waals surface area contributed by atoms with Gasteiger partial charge < -0.3 is 19.3 Å². The molecule has 4 rings (SSSR count). The van der Waals surface area contributed by atoms with Crippen LogP contribution in [0.25, 0.3) is 0 Å². The van der Waals surface area contributed by atoms with Crippen molar-refractivity contribution in [2.75, 3.05) is 6.61 Å². The van der Waals surface area contributed by atoms with E-state index in [9.17, 15) is 9.90 Å². The Labute approximate surface area is 194 Å². The standard InChI is InChI=1S/C28H30O5/c1-2-31-28(30)22-13-15-26(27(18-22)32-24-10-6-7-11-24)33-25-14-12-21(23(17-25)19-29)16-20-8-4-3-5-9-20/h3-5,8-9,12-15,17-18,24,29H,2,6-7,10-11,16,19H2,1H3. The molecule has 3 aromatic rings. The molecule has 0 radical (unpaired) electrons. The fraction of sp³-hybridized carbons (Fsp3) is 0.321. The Hall–Kier alpha value is -3.31. The molecule has 0 bridgehead atoms. The van der Waals surface area contributed by atoms with Crippen LogP contribution in [0.3, 0.4) is 0 Å². The summed E-state index contributed by atoms with van der Waals surface area (Å²) in [4.78, 5) is 12.2. The van der Waals surface area contributed by atoms with E-state index in [2.05, 4.69) is 12.1 Å². The van der Waals surface area contributed by atoms with Crippen molar-refractivity contribution in [3.8, 4) is 17.2 Å². The van der Waals surface area contributed by atoms with E-state index in [4.69, 9.17) is 14.2 Å². The molecular weight excluding hydrogens is 416 g/mol. The van der Waals surface area contributed by atoms with Crippen LogP contribution in [0.5, 0.6) is 17.2 Å². The summed E-state index contributed by atoms with van der Waals surface area (Å²) in [6.07, 6.45) is 5.12. The first kappa shape index (κ1) is 22.9. The summed E-state index contributed by atoms with van der Waals surface area (Å²) >= 11 is 0. The normalized spacial score (nSPS) is 13.6. The number of hydrogen-bond acceptors (Lipinski definition) is 5. The van der Waals surface area contributed by atoms with Gasteiger partial charge >= 0.3 is 5.97 Å². The van der Waals surface area contributed by atoms with Gasteiger partial charge in [-0.2, -0.15) is 0 Å². The average Bonchev–Trinajstić information content (AvgIpc) is 3.35. The van der Waals surface area contributed by atoms with E-state index in [0.717, 1.165) is 43.2 Å². The largest absolute Gasteiger partial charge is 0.486 e. The van der Waals surface area contributed by atoms with Crippen LogP contribution in [-0.4, -0.2) is 23.8 Å². The van der Waals surface area contributed by atoms with Gasteiger partial charge in [-0.05, 0) is 86.1 Å². The van der Waals surface area contributed by atoms with Crippen LogP contribution in [0.15, 0.2) is 66.7 Å². The third kappa shape index (κ3) is 5.93. The Morgan fingerprint density at radius 1 is 0.939 bits per heavy atom. The summed E-state index contributed by atoms with van der Waals surface area (Å²) in [5.41, 5.74) is 3.49. The summed E-state index contributed by atoms with van der Waals surface area (Å²) in [5, 5.41) is 9.95. The van der Waals surface area contributed by atoms with Crippen LogP contribution in [0.1, 0.15) is 59.7 Å². The van der Waals surface area contributed by atoms with Gasteiger partial charge in [-0.3, -0.25) is 0 Å². The quantitative estimate of drug-likeness (QED) is 0.405. The third-order valence-corrected chi connectivity index (χ3v) is 5.86. The number of carbonyl (C=O) groups is 1. The molecule has 0 spiro atoms. The summed E-state index contributed by atoms with van der Waals surface area (Å²) in [6.45, 7) is 2.02. The van der Waals surface area contributed by atoms with Crippen LogP contribution < -0.4 is 9.47 Å². The molecule has 33 heavy (non-hydrogen) atoms. The van der Waals surface area contributed by atoms with Crippen molar-refractivity contribution in [2.45, 2.75) is 51.7 Å². The number of rotatable bonds is 9. The molecule has 0 atom stereocenters. The monoisotopic (exact) mass is 446 g/mol. The highest BCUT2D eigenvalue weighted by molar-refractivity contribution is 5.90. The van der Waals surface area contributed by atoms with Gasteiger partial charge in [-0.25, -0.2) is 4.79 Å². The van der Waals surface area contributed by atoms with Crippen LogP contribution in [0.4, 0.5) is 0 Å². The second-order valence-electron chi connectivity index (χ2n) is 8.26. The molecule has 1 aliphatic carbocycles. The van der Waals surface area contributed by atoms with E-state index < -0.39 is 0 Å². The molecule has 172 valence electrons. The first-order valence-corrected chi connectivity index (χ1v) is 11.6. The minimum Gasteiger partial charge on any atom is -0.486 e. The molecule has 1 fully saturated rings. The Kier molecular flexibility index (Phi) is 7.63. The highest BCUT2D eigenvalue weighted by Gasteiger charge is 2.21. The highest BCUT2D eigenvalue weighted by Crippen LogP contribution is 2.36. The maximum absolute atomic E-state index is 12.2. The SMILES string of the molecule is CCOC(=O)c1ccc(Oc2ccc(Cc3ccccc3)c(CO)c2)c(OC2CCCC2)c1. The smallest absolute Gasteiger partial charge is 0.338 e. The Bertz CT molecular complexity index is 1070. The van der Waals surface area contributed by atoms with Crippen LogP contribution in [0.2, 0.25) is 0 Å². The summed E-state index contributed by atoms with van der Waals surface area (Å²) in [6, 6.07) is 21.0. The molecule has 0 saturated heterocycles. The van der Waals surface area contributed by atoms with Crippen molar-refractivity contribution in [3.05, 3.63) is 89.0 Å². The van der Waals surface area contributed by atoms with Gasteiger partial charge in [0, 0.05) is 0 Å². The molecule has 3 aromatic carbocycles. The topological polar surface area (TPSA) is 65.0 Å². The van der Waals surface area contributed by atoms with E-state index in [-0.39, 0.29) is 18.7 Å². The second kappa shape index (κ2) is 11.0. The van der Waals surface area contributed by atoms with Crippen molar-refractivity contribution < 1.29 is 24.1 Å². The third-order valence-electron chi connectivity index (χ3n) is 5.86. The van der Waals surface area contributed by atoms with Crippen molar-refractivity contribution in [2.24, 2.45) is 0 Å². The zero-order chi connectivity index (χ0) is 23.0. The Balaban J connectivity index is 1.58. The summed E-state index contributed by atoms with van der Waals surface area (Å²) in [7, 11) is 0. The van der Waals surface area contributed by atoms with Gasteiger partial charge in [0.2, 0.25) is 0 Å². The van der Waals surface area contributed by atoms with Gasteiger partial charge in [-0.15, -0.1) is 0 Å². The van der Waals surface area contributed by atoms with Crippen molar-refractivity contribution in [1.29, 1.82) is 0 Å². The predicted octanol–water partition coefficient (Wildman–Crippen LogP) is 6.06. The lowest BCUT2D eigenvalue weighted by Gasteiger charge is -2.18. The van der Waals surface area contributed by atoms with E-state index in [1.165, 1.54) is 5.56 Å². The Morgan fingerprint density at radius 3 is 2.45 bits per heavy atom. The van der Waals surface area contributed by atoms with Gasteiger partial charge in [0.25, 0.3) is 0 Å². The number of hydrogen-bond donors (Lipinski definition) is 1. The van der Waals surface area contributed by atoms with Gasteiger partial charge in [0.1, 0.15) is 5.75 Å². The predicted molar refractivity (Wildman–Crippen MR) is 127 cm³/mol. The number of aliphatic hydroxyl groups is 1. The average molecular weight is 447 g/mol. The molecule has 0 aromatic heterocycles. The zero-order valence-corrected chi connectivity index (χ0v) is 19.0. The van der Waals surface area contributed by atoms with E-state index >= 15 is 0 Å². The highest BCUT2D eigenvalue weighted by atomic mass is 16.5.